The van der Waals surface area contributed by atoms with Crippen LogP contribution in [0.15, 0.2) is 0 Å². The largest absolute Gasteiger partial charge is 0.325 e. The third-order valence-electron chi connectivity index (χ3n) is 7.37. The second-order valence-electron chi connectivity index (χ2n) is 9.59. The van der Waals surface area contributed by atoms with Crippen LogP contribution < -0.4 is 0 Å². The highest BCUT2D eigenvalue weighted by Crippen LogP contribution is 2.27. The number of hydrogen-bond acceptors (Lipinski definition) is 2. The van der Waals surface area contributed by atoms with Gasteiger partial charge in [-0.25, -0.2) is 4.79 Å². The van der Waals surface area contributed by atoms with Crippen molar-refractivity contribution in [3.8, 4) is 0 Å². The number of likely N-dealkylation sites (tertiary alicyclic amines) is 3. The van der Waals surface area contributed by atoms with Crippen LogP contribution in [0, 0.1) is 23.7 Å². The zero-order valence-corrected chi connectivity index (χ0v) is 19.5. The highest BCUT2D eigenvalue weighted by atomic mass is 16.2. The summed E-state index contributed by atoms with van der Waals surface area (Å²) in [6.45, 7) is 18.8. The summed E-state index contributed by atoms with van der Waals surface area (Å²) in [6.07, 6.45) is 8.87. The molecule has 0 atom stereocenters. The van der Waals surface area contributed by atoms with E-state index >= 15 is 0 Å². The molecule has 0 spiro atoms. The Morgan fingerprint density at radius 3 is 1.82 bits per heavy atom. The van der Waals surface area contributed by atoms with Gasteiger partial charge in [0.2, 0.25) is 0 Å². The van der Waals surface area contributed by atoms with Crippen molar-refractivity contribution in [3.05, 3.63) is 0 Å². The molecule has 0 aromatic rings. The molecule has 4 heteroatoms. The van der Waals surface area contributed by atoms with Crippen LogP contribution in [0.2, 0.25) is 0 Å². The lowest BCUT2D eigenvalue weighted by molar-refractivity contribution is 0.110. The summed E-state index contributed by atoms with van der Waals surface area (Å²) in [5, 5.41) is 0. The zero-order valence-electron chi connectivity index (χ0n) is 19.5. The molecule has 0 bridgehead atoms. The molecule has 0 aromatic heterocycles. The maximum absolute atomic E-state index is 12.7. The average molecular weight is 394 g/mol. The predicted molar refractivity (Wildman–Crippen MR) is 120 cm³/mol. The van der Waals surface area contributed by atoms with E-state index in [0.29, 0.717) is 6.03 Å². The Labute approximate surface area is 175 Å². The Morgan fingerprint density at radius 2 is 1.32 bits per heavy atom. The fourth-order valence-electron chi connectivity index (χ4n) is 5.02. The molecule has 3 saturated heterocycles. The first-order valence-corrected chi connectivity index (χ1v) is 12.3. The number of carbonyl (C=O) groups is 1. The van der Waals surface area contributed by atoms with Gasteiger partial charge >= 0.3 is 6.03 Å². The van der Waals surface area contributed by atoms with E-state index in [4.69, 9.17) is 0 Å². The van der Waals surface area contributed by atoms with Crippen molar-refractivity contribution >= 4 is 6.03 Å². The van der Waals surface area contributed by atoms with Crippen LogP contribution in [0.4, 0.5) is 4.79 Å². The number of amides is 2. The molecule has 3 aliphatic rings. The van der Waals surface area contributed by atoms with Crippen LogP contribution in [0.3, 0.4) is 0 Å². The van der Waals surface area contributed by atoms with Crippen molar-refractivity contribution in [1.82, 2.24) is 14.7 Å². The topological polar surface area (TPSA) is 26.8 Å². The van der Waals surface area contributed by atoms with E-state index in [1.54, 1.807) is 0 Å². The monoisotopic (exact) mass is 393 g/mol. The molecule has 2 amide bonds. The van der Waals surface area contributed by atoms with Gasteiger partial charge in [-0.2, -0.15) is 0 Å². The molecule has 3 heterocycles. The van der Waals surface area contributed by atoms with Gasteiger partial charge in [-0.1, -0.05) is 34.6 Å². The lowest BCUT2D eigenvalue weighted by Gasteiger charge is -2.39. The summed E-state index contributed by atoms with van der Waals surface area (Å²) >= 11 is 0. The Balaban J connectivity index is 0.00000136. The first-order valence-electron chi connectivity index (χ1n) is 12.3. The van der Waals surface area contributed by atoms with E-state index in [2.05, 4.69) is 35.5 Å². The van der Waals surface area contributed by atoms with Gasteiger partial charge in [0.05, 0.1) is 0 Å². The van der Waals surface area contributed by atoms with Crippen molar-refractivity contribution < 1.29 is 4.79 Å². The van der Waals surface area contributed by atoms with E-state index in [-0.39, 0.29) is 0 Å². The van der Waals surface area contributed by atoms with Gasteiger partial charge in [-0.3, -0.25) is 0 Å². The van der Waals surface area contributed by atoms with Crippen molar-refractivity contribution in [2.75, 3.05) is 45.8 Å². The van der Waals surface area contributed by atoms with Crippen LogP contribution in [-0.2, 0) is 0 Å². The zero-order chi connectivity index (χ0) is 20.5. The third-order valence-corrected chi connectivity index (χ3v) is 7.37. The van der Waals surface area contributed by atoms with E-state index in [0.717, 1.165) is 49.9 Å². The first kappa shape index (κ1) is 23.5. The fraction of sp³-hybridized carbons (Fsp3) is 0.958. The molecule has 3 rings (SSSR count). The van der Waals surface area contributed by atoms with Gasteiger partial charge in [0.1, 0.15) is 0 Å². The Kier molecular flexibility index (Phi) is 10.1. The summed E-state index contributed by atoms with van der Waals surface area (Å²) in [4.78, 5) is 19.6. The predicted octanol–water partition coefficient (Wildman–Crippen LogP) is 5.33. The Hall–Kier alpha value is -0.770. The maximum Gasteiger partial charge on any atom is 0.319 e. The fourth-order valence-corrected chi connectivity index (χ4v) is 5.02. The first-order chi connectivity index (χ1) is 13.5. The van der Waals surface area contributed by atoms with Gasteiger partial charge in [0.25, 0.3) is 0 Å². The molecule has 0 saturated carbocycles. The van der Waals surface area contributed by atoms with Gasteiger partial charge in [-0.15, -0.1) is 0 Å². The van der Waals surface area contributed by atoms with Crippen LogP contribution in [0.1, 0.15) is 79.6 Å². The van der Waals surface area contributed by atoms with Gasteiger partial charge in [0.15, 0.2) is 0 Å². The number of hydrogen-bond donors (Lipinski definition) is 0. The van der Waals surface area contributed by atoms with Gasteiger partial charge < -0.3 is 14.7 Å². The normalized spacial score (nSPS) is 23.6. The van der Waals surface area contributed by atoms with E-state index < -0.39 is 0 Å². The molecule has 3 aliphatic heterocycles. The molecule has 28 heavy (non-hydrogen) atoms. The molecule has 0 aromatic carbocycles. The minimum absolute atomic E-state index is 0.311. The smallest absolute Gasteiger partial charge is 0.319 e. The third kappa shape index (κ3) is 6.93. The van der Waals surface area contributed by atoms with E-state index in [9.17, 15) is 4.79 Å². The molecule has 4 nitrogen and oxygen atoms in total. The van der Waals surface area contributed by atoms with Gasteiger partial charge in [0, 0.05) is 26.2 Å². The average Bonchev–Trinajstić information content (AvgIpc) is 2.74. The van der Waals surface area contributed by atoms with Crippen LogP contribution >= 0.6 is 0 Å². The molecular weight excluding hydrogens is 346 g/mol. The van der Waals surface area contributed by atoms with Crippen LogP contribution in [0.5, 0.6) is 0 Å². The minimum atomic E-state index is 0.311. The summed E-state index contributed by atoms with van der Waals surface area (Å²) in [7, 11) is 0. The Bertz CT molecular complexity index is 429. The standard InChI is InChI=1S/C22H41N3O.C2H6/c1-18(2)21-9-12-23(13-10-21)11-6-20-7-16-25(17-8-20)22(26)24-14-4-19(3)5-15-24;1-2/h18-21H,4-17H2,1-3H3;1-2H3. The van der Waals surface area contributed by atoms with Crippen molar-refractivity contribution in [3.63, 3.8) is 0 Å². The molecular formula is C24H47N3O. The Morgan fingerprint density at radius 1 is 0.821 bits per heavy atom. The van der Waals surface area contributed by atoms with E-state index in [1.807, 2.05) is 13.8 Å². The second kappa shape index (κ2) is 12.0. The quantitative estimate of drug-likeness (QED) is 0.645. The summed E-state index contributed by atoms with van der Waals surface area (Å²) in [6, 6.07) is 0.311. The molecule has 0 aliphatic carbocycles. The van der Waals surface area contributed by atoms with Gasteiger partial charge in [-0.05, 0) is 88.3 Å². The number of carbonyl (C=O) groups excluding carboxylic acids is 1. The van der Waals surface area contributed by atoms with Crippen LogP contribution in [-0.4, -0.2) is 66.5 Å². The van der Waals surface area contributed by atoms with Crippen molar-refractivity contribution in [1.29, 1.82) is 0 Å². The second-order valence-corrected chi connectivity index (χ2v) is 9.59. The van der Waals surface area contributed by atoms with Crippen LogP contribution in [0.25, 0.3) is 0 Å². The lowest BCUT2D eigenvalue weighted by atomic mass is 9.86. The SMILES string of the molecule is CC.CC1CCN(C(=O)N2CCC(CCN3CCC(C(C)C)CC3)CC2)CC1. The maximum atomic E-state index is 12.7. The molecule has 3 fully saturated rings. The highest BCUT2D eigenvalue weighted by molar-refractivity contribution is 5.74. The number of piperidine rings is 3. The molecule has 0 unspecified atom stereocenters. The number of nitrogens with zero attached hydrogens (tertiary/aromatic N) is 3. The summed E-state index contributed by atoms with van der Waals surface area (Å²) in [5.41, 5.74) is 0. The highest BCUT2D eigenvalue weighted by Gasteiger charge is 2.29. The minimum Gasteiger partial charge on any atom is -0.325 e. The molecule has 0 radical (unpaired) electrons. The molecule has 164 valence electrons. The lowest BCUT2D eigenvalue weighted by Crippen LogP contribution is -2.49. The van der Waals surface area contributed by atoms with E-state index in [1.165, 1.54) is 64.6 Å². The summed E-state index contributed by atoms with van der Waals surface area (Å²) in [5.74, 6) is 3.40. The summed E-state index contributed by atoms with van der Waals surface area (Å²) < 4.78 is 0. The van der Waals surface area contributed by atoms with Crippen molar-refractivity contribution in [2.24, 2.45) is 23.7 Å². The molecule has 0 N–H and O–H groups in total. The number of rotatable bonds is 4. The number of urea groups is 1. The van der Waals surface area contributed by atoms with Crippen molar-refractivity contribution in [2.45, 2.75) is 79.6 Å².